The number of nitrogens with zero attached hydrogens (tertiary/aromatic N) is 3. The number of hydrogen-bond acceptors (Lipinski definition) is 5. The van der Waals surface area contributed by atoms with Crippen molar-refractivity contribution in [2.75, 3.05) is 25.1 Å². The zero-order valence-corrected chi connectivity index (χ0v) is 11.0. The summed E-state index contributed by atoms with van der Waals surface area (Å²) >= 11 is 0. The number of anilines is 1. The normalized spacial score (nSPS) is 17.9. The van der Waals surface area contributed by atoms with Crippen LogP contribution in [0, 0.1) is 18.3 Å². The van der Waals surface area contributed by atoms with Crippen molar-refractivity contribution in [2.45, 2.75) is 19.4 Å². The van der Waals surface area contributed by atoms with Gasteiger partial charge in [-0.05, 0) is 25.0 Å². The third-order valence-electron chi connectivity index (χ3n) is 3.25. The number of nitriles is 1. The summed E-state index contributed by atoms with van der Waals surface area (Å²) < 4.78 is 4.58. The van der Waals surface area contributed by atoms with Crippen molar-refractivity contribution in [3.8, 4) is 6.07 Å². The predicted molar refractivity (Wildman–Crippen MR) is 69.8 cm³/mol. The lowest BCUT2D eigenvalue weighted by atomic mass is 10.1. The van der Waals surface area contributed by atoms with Gasteiger partial charge >= 0.3 is 6.09 Å². The van der Waals surface area contributed by atoms with Gasteiger partial charge in [0, 0.05) is 19.3 Å². The van der Waals surface area contributed by atoms with Crippen molar-refractivity contribution in [3.05, 3.63) is 23.4 Å². The Kier molecular flexibility index (Phi) is 3.85. The Bertz CT molecular complexity index is 524. The fourth-order valence-corrected chi connectivity index (χ4v) is 2.22. The van der Waals surface area contributed by atoms with E-state index in [-0.39, 0.29) is 6.04 Å². The molecule has 100 valence electrons. The summed E-state index contributed by atoms with van der Waals surface area (Å²) in [5.74, 6) is 0.691. The van der Waals surface area contributed by atoms with Crippen molar-refractivity contribution in [1.82, 2.24) is 10.3 Å². The number of alkyl carbamates (subject to hydrolysis) is 1. The summed E-state index contributed by atoms with van der Waals surface area (Å²) in [5, 5.41) is 12.0. The van der Waals surface area contributed by atoms with E-state index in [0.717, 1.165) is 18.5 Å². The Morgan fingerprint density at radius 2 is 2.47 bits per heavy atom. The molecule has 1 unspecified atom stereocenters. The van der Waals surface area contributed by atoms with E-state index in [1.54, 1.807) is 6.20 Å². The molecule has 6 nitrogen and oxygen atoms in total. The van der Waals surface area contributed by atoms with Crippen LogP contribution < -0.4 is 10.2 Å². The second-order valence-electron chi connectivity index (χ2n) is 4.51. The Morgan fingerprint density at radius 1 is 1.68 bits per heavy atom. The molecule has 1 fully saturated rings. The molecule has 1 amide bonds. The highest BCUT2D eigenvalue weighted by atomic mass is 16.5. The highest BCUT2D eigenvalue weighted by Crippen LogP contribution is 2.23. The Balaban J connectivity index is 2.11. The Hall–Kier alpha value is -2.29. The molecule has 0 bridgehead atoms. The summed E-state index contributed by atoms with van der Waals surface area (Å²) in [7, 11) is 1.35. The van der Waals surface area contributed by atoms with Gasteiger partial charge in [-0.25, -0.2) is 9.78 Å². The fourth-order valence-electron chi connectivity index (χ4n) is 2.22. The maximum absolute atomic E-state index is 11.2. The molecule has 1 aromatic heterocycles. The zero-order chi connectivity index (χ0) is 13.8. The molecule has 0 aliphatic carbocycles. The summed E-state index contributed by atoms with van der Waals surface area (Å²) in [4.78, 5) is 17.5. The molecule has 19 heavy (non-hydrogen) atoms. The molecule has 0 saturated carbocycles. The van der Waals surface area contributed by atoms with Gasteiger partial charge in [0.15, 0.2) is 0 Å². The van der Waals surface area contributed by atoms with Crippen LogP contribution in [0.15, 0.2) is 12.3 Å². The van der Waals surface area contributed by atoms with Gasteiger partial charge in [-0.15, -0.1) is 0 Å². The number of aromatic nitrogens is 1. The lowest BCUT2D eigenvalue weighted by molar-refractivity contribution is 0.167. The monoisotopic (exact) mass is 260 g/mol. The second kappa shape index (κ2) is 5.57. The van der Waals surface area contributed by atoms with Gasteiger partial charge in [-0.2, -0.15) is 5.26 Å². The van der Waals surface area contributed by atoms with E-state index in [1.807, 2.05) is 17.9 Å². The summed E-state index contributed by atoms with van der Waals surface area (Å²) in [6, 6.07) is 4.04. The number of nitrogens with one attached hydrogen (secondary N) is 1. The van der Waals surface area contributed by atoms with Crippen LogP contribution in [0.4, 0.5) is 10.6 Å². The number of carbonyl (C=O) groups excluding carboxylic acids is 1. The SMILES string of the molecule is COC(=O)NC1CCN(c2nccc(C)c2C#N)C1. The Labute approximate surface area is 112 Å². The average Bonchev–Trinajstić information content (AvgIpc) is 2.86. The topological polar surface area (TPSA) is 78.2 Å². The number of aryl methyl sites for hydroxylation is 1. The van der Waals surface area contributed by atoms with E-state index < -0.39 is 6.09 Å². The van der Waals surface area contributed by atoms with Gasteiger partial charge in [0.05, 0.1) is 18.7 Å². The van der Waals surface area contributed by atoms with E-state index in [9.17, 15) is 10.1 Å². The standard InChI is InChI=1S/C13H16N4O2/c1-9-3-5-15-12(11(9)7-14)17-6-4-10(8-17)16-13(18)19-2/h3,5,10H,4,6,8H2,1-2H3,(H,16,18). The lowest BCUT2D eigenvalue weighted by Crippen LogP contribution is -2.37. The molecule has 1 aromatic rings. The minimum absolute atomic E-state index is 0.0290. The maximum Gasteiger partial charge on any atom is 0.407 e. The second-order valence-corrected chi connectivity index (χ2v) is 4.51. The summed E-state index contributed by atoms with van der Waals surface area (Å²) in [6.07, 6.45) is 2.09. The van der Waals surface area contributed by atoms with Crippen LogP contribution in [0.3, 0.4) is 0 Å². The van der Waals surface area contributed by atoms with Crippen LogP contribution >= 0.6 is 0 Å². The number of hydrogen-bond donors (Lipinski definition) is 1. The van der Waals surface area contributed by atoms with Crippen LogP contribution in [0.5, 0.6) is 0 Å². The van der Waals surface area contributed by atoms with Crippen molar-refractivity contribution in [1.29, 1.82) is 5.26 Å². The largest absolute Gasteiger partial charge is 0.453 e. The first kappa shape index (κ1) is 13.1. The number of carbonyl (C=O) groups is 1. The van der Waals surface area contributed by atoms with Crippen molar-refractivity contribution in [2.24, 2.45) is 0 Å². The summed E-state index contributed by atoms with van der Waals surface area (Å²) in [5.41, 5.74) is 1.51. The van der Waals surface area contributed by atoms with Crippen molar-refractivity contribution < 1.29 is 9.53 Å². The minimum atomic E-state index is -0.426. The highest BCUT2D eigenvalue weighted by molar-refractivity contribution is 5.67. The molecule has 2 rings (SSSR count). The van der Waals surface area contributed by atoms with Crippen LogP contribution in [0.1, 0.15) is 17.5 Å². The molecule has 1 N–H and O–H groups in total. The van der Waals surface area contributed by atoms with Crippen molar-refractivity contribution >= 4 is 11.9 Å². The quantitative estimate of drug-likeness (QED) is 0.864. The molecule has 1 aliphatic heterocycles. The molecule has 1 saturated heterocycles. The summed E-state index contributed by atoms with van der Waals surface area (Å²) in [6.45, 7) is 3.30. The number of amides is 1. The van der Waals surface area contributed by atoms with Gasteiger partial charge < -0.3 is 15.0 Å². The molecule has 1 atom stereocenters. The number of pyridine rings is 1. The molecule has 0 radical (unpaired) electrons. The van der Waals surface area contributed by atoms with Gasteiger partial charge in [0.25, 0.3) is 0 Å². The molecule has 2 heterocycles. The minimum Gasteiger partial charge on any atom is -0.453 e. The average molecular weight is 260 g/mol. The first-order valence-corrected chi connectivity index (χ1v) is 6.11. The first-order chi connectivity index (χ1) is 9.15. The molecular formula is C13H16N4O2. The molecule has 0 spiro atoms. The molecule has 6 heteroatoms. The van der Waals surface area contributed by atoms with Crippen LogP contribution in [-0.4, -0.2) is 37.3 Å². The zero-order valence-electron chi connectivity index (χ0n) is 11.0. The van der Waals surface area contributed by atoms with Gasteiger partial charge in [0.2, 0.25) is 0 Å². The molecule has 1 aliphatic rings. The van der Waals surface area contributed by atoms with Crippen LogP contribution in [-0.2, 0) is 4.74 Å². The number of ether oxygens (including phenoxy) is 1. The number of methoxy groups -OCH3 is 1. The fraction of sp³-hybridized carbons (Fsp3) is 0.462. The first-order valence-electron chi connectivity index (χ1n) is 6.11. The number of rotatable bonds is 2. The van der Waals surface area contributed by atoms with Crippen LogP contribution in [0.25, 0.3) is 0 Å². The maximum atomic E-state index is 11.2. The van der Waals surface area contributed by atoms with E-state index in [2.05, 4.69) is 21.1 Å². The van der Waals surface area contributed by atoms with E-state index in [1.165, 1.54) is 7.11 Å². The predicted octanol–water partition coefficient (Wildman–Crippen LogP) is 1.20. The Morgan fingerprint density at radius 3 is 3.16 bits per heavy atom. The molecular weight excluding hydrogens is 244 g/mol. The van der Waals surface area contributed by atoms with Crippen LogP contribution in [0.2, 0.25) is 0 Å². The van der Waals surface area contributed by atoms with Gasteiger partial charge in [-0.3, -0.25) is 0 Å². The smallest absolute Gasteiger partial charge is 0.407 e. The van der Waals surface area contributed by atoms with Crippen molar-refractivity contribution in [3.63, 3.8) is 0 Å². The van der Waals surface area contributed by atoms with E-state index in [4.69, 9.17) is 0 Å². The van der Waals surface area contributed by atoms with Gasteiger partial charge in [-0.1, -0.05) is 0 Å². The van der Waals surface area contributed by atoms with Gasteiger partial charge in [0.1, 0.15) is 11.9 Å². The third kappa shape index (κ3) is 2.76. The van der Waals surface area contributed by atoms with E-state index in [0.29, 0.717) is 17.9 Å². The van der Waals surface area contributed by atoms with E-state index >= 15 is 0 Å². The highest BCUT2D eigenvalue weighted by Gasteiger charge is 2.26. The third-order valence-corrected chi connectivity index (χ3v) is 3.25. The lowest BCUT2D eigenvalue weighted by Gasteiger charge is -2.19. The molecule has 0 aromatic carbocycles.